The highest BCUT2D eigenvalue weighted by molar-refractivity contribution is 6.33. The lowest BCUT2D eigenvalue weighted by atomic mass is 9.80. The van der Waals surface area contributed by atoms with Gasteiger partial charge < -0.3 is 34.9 Å². The number of pyridine rings is 1. The number of rotatable bonds is 7. The number of halogens is 2. The molecule has 0 spiro atoms. The molecule has 12 heteroatoms. The van der Waals surface area contributed by atoms with Gasteiger partial charge in [-0.15, -0.1) is 0 Å². The number of carbonyl (C=O) groups is 2. The number of carboxylic acid groups (broad SMARTS) is 1. The average Bonchev–Trinajstić information content (AvgIpc) is 3.19. The number of hydrogen-bond donors (Lipinski definition) is 3. The van der Waals surface area contributed by atoms with Crippen molar-refractivity contribution in [3.63, 3.8) is 0 Å². The first kappa shape index (κ1) is 27.7. The number of nitrogens with zero attached hydrogens (tertiary/aromatic N) is 2. The van der Waals surface area contributed by atoms with Gasteiger partial charge in [-0.1, -0.05) is 32.4 Å². The van der Waals surface area contributed by atoms with Gasteiger partial charge in [0.15, 0.2) is 11.6 Å². The molecule has 0 saturated carbocycles. The Morgan fingerprint density at radius 1 is 1.32 bits per heavy atom. The van der Waals surface area contributed by atoms with Crippen LogP contribution in [0.15, 0.2) is 18.2 Å². The van der Waals surface area contributed by atoms with Crippen LogP contribution in [0.1, 0.15) is 48.7 Å². The smallest absolute Gasteiger partial charge is 0.405 e. The first-order chi connectivity index (χ1) is 17.9. The predicted molar refractivity (Wildman–Crippen MR) is 138 cm³/mol. The summed E-state index contributed by atoms with van der Waals surface area (Å²) in [5, 5.41) is 14.9. The topological polar surface area (TPSA) is 122 Å². The van der Waals surface area contributed by atoms with Crippen molar-refractivity contribution in [1.29, 1.82) is 0 Å². The number of ether oxygens (including phenoxy) is 3. The minimum absolute atomic E-state index is 0.0126. The summed E-state index contributed by atoms with van der Waals surface area (Å²) >= 11 is 6.41. The van der Waals surface area contributed by atoms with Crippen molar-refractivity contribution in [2.75, 3.05) is 26.1 Å². The van der Waals surface area contributed by atoms with E-state index in [4.69, 9.17) is 25.8 Å². The minimum atomic E-state index is -1.21. The highest BCUT2D eigenvalue weighted by atomic mass is 35.5. The minimum Gasteiger partial charge on any atom is -0.497 e. The van der Waals surface area contributed by atoms with E-state index in [9.17, 15) is 14.7 Å². The molecule has 1 fully saturated rings. The Kier molecular flexibility index (Phi) is 7.89. The maximum Gasteiger partial charge on any atom is 0.405 e. The summed E-state index contributed by atoms with van der Waals surface area (Å²) in [7, 11) is 3.06. The highest BCUT2D eigenvalue weighted by Crippen LogP contribution is 2.37. The number of carbonyl (C=O) groups excluding carboxylic acids is 1. The van der Waals surface area contributed by atoms with E-state index in [1.165, 1.54) is 12.0 Å². The maximum atomic E-state index is 15.8. The van der Waals surface area contributed by atoms with Crippen LogP contribution in [0.25, 0.3) is 0 Å². The molecule has 3 N–H and O–H groups in total. The summed E-state index contributed by atoms with van der Waals surface area (Å²) < 4.78 is 32.3. The van der Waals surface area contributed by atoms with Crippen LogP contribution in [0, 0.1) is 11.2 Å². The number of methoxy groups -OCH3 is 2. The van der Waals surface area contributed by atoms with Crippen molar-refractivity contribution in [1.82, 2.24) is 15.2 Å². The van der Waals surface area contributed by atoms with Gasteiger partial charge in [0.1, 0.15) is 16.7 Å². The Hall–Kier alpha value is -3.31. The van der Waals surface area contributed by atoms with Crippen LogP contribution >= 0.6 is 11.6 Å². The predicted octanol–water partition coefficient (Wildman–Crippen LogP) is 4.30. The van der Waals surface area contributed by atoms with E-state index >= 15 is 4.39 Å². The second kappa shape index (κ2) is 10.8. The molecule has 1 saturated heterocycles. The zero-order valence-corrected chi connectivity index (χ0v) is 22.7. The zero-order chi connectivity index (χ0) is 27.8. The number of hydrogen-bond acceptors (Lipinski definition) is 7. The summed E-state index contributed by atoms with van der Waals surface area (Å²) in [6, 6.07) is 4.06. The molecule has 0 aliphatic carbocycles. The number of nitrogens with one attached hydrogen (secondary N) is 2. The summed E-state index contributed by atoms with van der Waals surface area (Å²) in [5.74, 6) is -0.139. The van der Waals surface area contributed by atoms with E-state index in [0.29, 0.717) is 24.5 Å². The second-order valence-corrected chi connectivity index (χ2v) is 10.8. The van der Waals surface area contributed by atoms with E-state index in [1.54, 1.807) is 25.3 Å². The standard InChI is InChI=1S/C26H32ClFN4O6/c1-26(2,3)21-20(30-25(34)35)16(8-9-38-21)29-23-19(28)15-12-32(24(33)18(15)22(27)31-23)11-13-6-7-14(36-4)10-17(13)37-5/h6-7,10,16,20-21,30H,8-9,11-12H2,1-5H3,(H,29,31)(H,34,35)/t16-,20-,21?/m1/s1. The molecular formula is C26H32ClFN4O6. The molecule has 1 aromatic carbocycles. The molecule has 2 aliphatic rings. The molecule has 206 valence electrons. The van der Waals surface area contributed by atoms with E-state index in [0.717, 1.165) is 5.56 Å². The van der Waals surface area contributed by atoms with Gasteiger partial charge in [0.25, 0.3) is 5.91 Å². The zero-order valence-electron chi connectivity index (χ0n) is 21.9. The van der Waals surface area contributed by atoms with Crippen LogP contribution in [0.5, 0.6) is 11.5 Å². The third kappa shape index (κ3) is 5.44. The third-order valence-electron chi connectivity index (χ3n) is 6.85. The van der Waals surface area contributed by atoms with Gasteiger partial charge in [0, 0.05) is 30.3 Å². The molecule has 38 heavy (non-hydrogen) atoms. The number of benzene rings is 1. The lowest BCUT2D eigenvalue weighted by Crippen LogP contribution is -2.61. The summed E-state index contributed by atoms with van der Waals surface area (Å²) in [6.07, 6.45) is -1.26. The van der Waals surface area contributed by atoms with Crippen LogP contribution in [0.4, 0.5) is 15.0 Å². The second-order valence-electron chi connectivity index (χ2n) is 10.4. The molecule has 2 amide bonds. The molecule has 10 nitrogen and oxygen atoms in total. The molecule has 2 aliphatic heterocycles. The SMILES string of the molecule is COc1ccc(CN2Cc3c(F)c(N[C@@H]4CCOC(C(C)(C)C)[C@@H]4NC(=O)O)nc(Cl)c3C2=O)c(OC)c1. The number of anilines is 1. The van der Waals surface area contributed by atoms with Crippen LogP contribution < -0.4 is 20.1 Å². The Bertz CT molecular complexity index is 1240. The number of aromatic nitrogens is 1. The van der Waals surface area contributed by atoms with Crippen molar-refractivity contribution in [2.45, 2.75) is 58.5 Å². The Morgan fingerprint density at radius 3 is 2.68 bits per heavy atom. The van der Waals surface area contributed by atoms with Gasteiger partial charge in [-0.3, -0.25) is 4.79 Å². The largest absolute Gasteiger partial charge is 0.497 e. The molecule has 0 radical (unpaired) electrons. The summed E-state index contributed by atoms with van der Waals surface area (Å²) in [4.78, 5) is 30.4. The molecule has 4 rings (SSSR count). The molecule has 3 atom stereocenters. The highest BCUT2D eigenvalue weighted by Gasteiger charge is 2.43. The van der Waals surface area contributed by atoms with E-state index in [2.05, 4.69) is 15.6 Å². The Balaban J connectivity index is 1.60. The molecule has 1 unspecified atom stereocenters. The average molecular weight is 551 g/mol. The molecular weight excluding hydrogens is 519 g/mol. The van der Waals surface area contributed by atoms with E-state index in [1.807, 2.05) is 20.8 Å². The van der Waals surface area contributed by atoms with Crippen molar-refractivity contribution in [3.8, 4) is 11.5 Å². The van der Waals surface area contributed by atoms with Gasteiger partial charge >= 0.3 is 6.09 Å². The molecule has 3 heterocycles. The normalized spacial score (nSPS) is 21.2. The number of fused-ring (bicyclic) bond motifs is 1. The summed E-state index contributed by atoms with van der Waals surface area (Å²) in [6.45, 7) is 6.34. The van der Waals surface area contributed by atoms with Gasteiger partial charge in [0.05, 0.1) is 44.5 Å². The molecule has 2 aromatic rings. The van der Waals surface area contributed by atoms with Gasteiger partial charge in [-0.05, 0) is 24.0 Å². The van der Waals surface area contributed by atoms with Crippen LogP contribution in [-0.4, -0.2) is 66.0 Å². The first-order valence-corrected chi connectivity index (χ1v) is 12.6. The van der Waals surface area contributed by atoms with Crippen molar-refractivity contribution in [3.05, 3.63) is 45.9 Å². The van der Waals surface area contributed by atoms with Gasteiger partial charge in [-0.2, -0.15) is 0 Å². The summed E-state index contributed by atoms with van der Waals surface area (Å²) in [5.41, 5.74) is 0.481. The molecule has 0 bridgehead atoms. The van der Waals surface area contributed by atoms with Crippen molar-refractivity contribution in [2.24, 2.45) is 5.41 Å². The fourth-order valence-corrected chi connectivity index (χ4v) is 5.32. The van der Waals surface area contributed by atoms with Crippen molar-refractivity contribution < 1.29 is 33.3 Å². The molecule has 1 aromatic heterocycles. The Labute approximate surface area is 225 Å². The fraction of sp³-hybridized carbons (Fsp3) is 0.500. The first-order valence-electron chi connectivity index (χ1n) is 12.2. The van der Waals surface area contributed by atoms with Crippen LogP contribution in [0.3, 0.4) is 0 Å². The van der Waals surface area contributed by atoms with E-state index in [-0.39, 0.29) is 40.6 Å². The quantitative estimate of drug-likeness (QED) is 0.436. The lowest BCUT2D eigenvalue weighted by molar-refractivity contribution is -0.0714. The maximum absolute atomic E-state index is 15.8. The van der Waals surface area contributed by atoms with Crippen LogP contribution in [-0.2, 0) is 17.8 Å². The third-order valence-corrected chi connectivity index (χ3v) is 7.12. The monoisotopic (exact) mass is 550 g/mol. The number of amides is 2. The Morgan fingerprint density at radius 2 is 2.05 bits per heavy atom. The van der Waals surface area contributed by atoms with E-state index < -0.39 is 36.0 Å². The lowest BCUT2D eigenvalue weighted by Gasteiger charge is -2.44. The van der Waals surface area contributed by atoms with Gasteiger partial charge in [0.2, 0.25) is 0 Å². The van der Waals surface area contributed by atoms with Crippen molar-refractivity contribution >= 4 is 29.4 Å². The van der Waals surface area contributed by atoms with Crippen LogP contribution in [0.2, 0.25) is 5.15 Å². The van der Waals surface area contributed by atoms with Gasteiger partial charge in [-0.25, -0.2) is 14.2 Å². The fourth-order valence-electron chi connectivity index (χ4n) is 5.04.